The van der Waals surface area contributed by atoms with Gasteiger partial charge in [0.05, 0.1) is 18.7 Å². The van der Waals surface area contributed by atoms with E-state index in [4.69, 9.17) is 9.47 Å². The number of benzene rings is 1. The summed E-state index contributed by atoms with van der Waals surface area (Å²) in [7, 11) is 3.38. The molecule has 1 fully saturated rings. The van der Waals surface area contributed by atoms with E-state index >= 15 is 0 Å². The van der Waals surface area contributed by atoms with E-state index < -0.39 is 0 Å². The first-order valence-electron chi connectivity index (χ1n) is 7.25. The van der Waals surface area contributed by atoms with Gasteiger partial charge >= 0.3 is 0 Å². The minimum Gasteiger partial charge on any atom is -0.493 e. The van der Waals surface area contributed by atoms with Crippen molar-refractivity contribution in [3.8, 4) is 11.5 Å². The average Bonchev–Trinajstić information content (AvgIpc) is 2.90. The number of ether oxygens (including phenoxy) is 2. The van der Waals surface area contributed by atoms with Crippen molar-refractivity contribution in [2.45, 2.75) is 45.1 Å². The maximum Gasteiger partial charge on any atom is 0.175 e. The SMILES string of the molecule is COc1cc(CC2CCCN2)c(C(C)C)c(Br)c1OC. The zero-order valence-corrected chi connectivity index (χ0v) is 14.3. The molecular weight excluding hydrogens is 318 g/mol. The van der Waals surface area contributed by atoms with Crippen molar-refractivity contribution < 1.29 is 9.47 Å². The molecule has 0 aromatic heterocycles. The smallest absolute Gasteiger partial charge is 0.175 e. The van der Waals surface area contributed by atoms with Gasteiger partial charge < -0.3 is 14.8 Å². The molecule has 0 bridgehead atoms. The summed E-state index contributed by atoms with van der Waals surface area (Å²) < 4.78 is 12.0. The summed E-state index contributed by atoms with van der Waals surface area (Å²) in [5.41, 5.74) is 2.68. The highest BCUT2D eigenvalue weighted by Crippen LogP contribution is 2.43. The number of nitrogens with one attached hydrogen (secondary N) is 1. The van der Waals surface area contributed by atoms with Gasteiger partial charge in [0.25, 0.3) is 0 Å². The molecule has 1 unspecified atom stereocenters. The quantitative estimate of drug-likeness (QED) is 0.881. The van der Waals surface area contributed by atoms with Crippen LogP contribution in [0.5, 0.6) is 11.5 Å². The molecule has 1 aromatic rings. The Labute approximate surface area is 130 Å². The normalized spacial score (nSPS) is 18.6. The van der Waals surface area contributed by atoms with Crippen LogP contribution in [0.4, 0.5) is 0 Å². The summed E-state index contributed by atoms with van der Waals surface area (Å²) in [5.74, 6) is 2.04. The molecule has 1 N–H and O–H groups in total. The van der Waals surface area contributed by atoms with Crippen molar-refractivity contribution in [1.29, 1.82) is 0 Å². The second kappa shape index (κ2) is 6.81. The molecule has 2 rings (SSSR count). The molecule has 20 heavy (non-hydrogen) atoms. The molecule has 0 saturated carbocycles. The van der Waals surface area contributed by atoms with E-state index in [-0.39, 0.29) is 0 Å². The van der Waals surface area contributed by atoms with Gasteiger partial charge in [-0.25, -0.2) is 0 Å². The zero-order valence-electron chi connectivity index (χ0n) is 12.8. The van der Waals surface area contributed by atoms with Gasteiger partial charge in [-0.2, -0.15) is 0 Å². The molecule has 1 aliphatic rings. The molecule has 1 aromatic carbocycles. The maximum absolute atomic E-state index is 5.50. The number of halogens is 1. The Balaban J connectivity index is 2.44. The predicted octanol–water partition coefficient (Wildman–Crippen LogP) is 3.88. The first-order valence-corrected chi connectivity index (χ1v) is 8.04. The summed E-state index contributed by atoms with van der Waals surface area (Å²) in [6, 6.07) is 2.72. The van der Waals surface area contributed by atoms with Crippen molar-refractivity contribution in [3.05, 3.63) is 21.7 Å². The van der Waals surface area contributed by atoms with Crippen LogP contribution in [-0.2, 0) is 6.42 Å². The molecule has 1 saturated heterocycles. The lowest BCUT2D eigenvalue weighted by molar-refractivity contribution is 0.351. The Hall–Kier alpha value is -0.740. The lowest BCUT2D eigenvalue weighted by Crippen LogP contribution is -2.24. The highest BCUT2D eigenvalue weighted by molar-refractivity contribution is 9.10. The molecule has 0 amide bonds. The van der Waals surface area contributed by atoms with Crippen molar-refractivity contribution in [2.75, 3.05) is 20.8 Å². The van der Waals surface area contributed by atoms with Gasteiger partial charge in [0.1, 0.15) is 0 Å². The molecule has 112 valence electrons. The highest BCUT2D eigenvalue weighted by atomic mass is 79.9. The van der Waals surface area contributed by atoms with E-state index in [9.17, 15) is 0 Å². The van der Waals surface area contributed by atoms with E-state index in [0.29, 0.717) is 12.0 Å². The maximum atomic E-state index is 5.50. The molecule has 1 heterocycles. The van der Waals surface area contributed by atoms with Gasteiger partial charge in [0.15, 0.2) is 11.5 Å². The number of rotatable bonds is 5. The second-order valence-electron chi connectivity index (χ2n) is 5.65. The summed E-state index contributed by atoms with van der Waals surface area (Å²) in [6.07, 6.45) is 3.58. The Morgan fingerprint density at radius 2 is 2.10 bits per heavy atom. The first-order chi connectivity index (χ1) is 9.58. The molecule has 1 atom stereocenters. The topological polar surface area (TPSA) is 30.5 Å². The number of methoxy groups -OCH3 is 2. The van der Waals surface area contributed by atoms with Crippen LogP contribution >= 0.6 is 15.9 Å². The van der Waals surface area contributed by atoms with Crippen molar-refractivity contribution >= 4 is 15.9 Å². The molecule has 0 aliphatic carbocycles. The Morgan fingerprint density at radius 1 is 1.35 bits per heavy atom. The Morgan fingerprint density at radius 3 is 2.60 bits per heavy atom. The number of hydrogen-bond donors (Lipinski definition) is 1. The van der Waals surface area contributed by atoms with Crippen LogP contribution in [0.25, 0.3) is 0 Å². The Kier molecular flexibility index (Phi) is 5.33. The summed E-state index contributed by atoms with van der Waals surface area (Å²) >= 11 is 3.71. The third-order valence-corrected chi connectivity index (χ3v) is 4.73. The van der Waals surface area contributed by atoms with Crippen LogP contribution in [0.1, 0.15) is 43.7 Å². The molecule has 0 radical (unpaired) electrons. The molecular formula is C16H24BrNO2. The van der Waals surface area contributed by atoms with Crippen LogP contribution in [0.15, 0.2) is 10.5 Å². The fourth-order valence-electron chi connectivity index (χ4n) is 3.00. The summed E-state index contributed by atoms with van der Waals surface area (Å²) in [5, 5.41) is 3.57. The minimum absolute atomic E-state index is 0.445. The van der Waals surface area contributed by atoms with E-state index in [1.54, 1.807) is 14.2 Å². The van der Waals surface area contributed by atoms with Crippen LogP contribution in [0.3, 0.4) is 0 Å². The lowest BCUT2D eigenvalue weighted by Gasteiger charge is -2.22. The molecule has 4 heteroatoms. The van der Waals surface area contributed by atoms with E-state index in [1.807, 2.05) is 0 Å². The average molecular weight is 342 g/mol. The minimum atomic E-state index is 0.445. The third-order valence-electron chi connectivity index (χ3n) is 3.94. The van der Waals surface area contributed by atoms with Gasteiger partial charge in [-0.15, -0.1) is 0 Å². The van der Waals surface area contributed by atoms with Crippen molar-refractivity contribution in [2.24, 2.45) is 0 Å². The van der Waals surface area contributed by atoms with E-state index in [1.165, 1.54) is 24.0 Å². The highest BCUT2D eigenvalue weighted by Gasteiger charge is 2.23. The first kappa shape index (κ1) is 15.6. The van der Waals surface area contributed by atoms with Gasteiger partial charge in [-0.3, -0.25) is 0 Å². The largest absolute Gasteiger partial charge is 0.493 e. The Bertz CT molecular complexity index is 468. The van der Waals surface area contributed by atoms with Crippen LogP contribution < -0.4 is 14.8 Å². The van der Waals surface area contributed by atoms with Crippen LogP contribution in [-0.4, -0.2) is 26.8 Å². The van der Waals surface area contributed by atoms with Crippen molar-refractivity contribution in [3.63, 3.8) is 0 Å². The summed E-state index contributed by atoms with van der Waals surface area (Å²) in [4.78, 5) is 0. The van der Waals surface area contributed by atoms with Gasteiger partial charge in [-0.05, 0) is 64.8 Å². The monoisotopic (exact) mass is 341 g/mol. The molecule has 0 spiro atoms. The summed E-state index contributed by atoms with van der Waals surface area (Å²) in [6.45, 7) is 5.57. The fraction of sp³-hybridized carbons (Fsp3) is 0.625. The van der Waals surface area contributed by atoms with Gasteiger partial charge in [0.2, 0.25) is 0 Å². The van der Waals surface area contributed by atoms with Gasteiger partial charge in [-0.1, -0.05) is 13.8 Å². The van der Waals surface area contributed by atoms with Crippen LogP contribution in [0.2, 0.25) is 0 Å². The third kappa shape index (κ3) is 3.12. The lowest BCUT2D eigenvalue weighted by atomic mass is 9.92. The number of hydrogen-bond acceptors (Lipinski definition) is 3. The van der Waals surface area contributed by atoms with Crippen molar-refractivity contribution in [1.82, 2.24) is 5.32 Å². The standard InChI is InChI=1S/C16H24BrNO2/c1-10(2)14-11(8-12-6-5-7-18-12)9-13(19-3)16(20-4)15(14)17/h9-10,12,18H,5-8H2,1-4H3. The molecule has 1 aliphatic heterocycles. The van der Waals surface area contributed by atoms with E-state index in [0.717, 1.165) is 28.9 Å². The fourth-order valence-corrected chi connectivity index (χ4v) is 4.07. The van der Waals surface area contributed by atoms with Crippen LogP contribution in [0, 0.1) is 0 Å². The zero-order chi connectivity index (χ0) is 14.7. The van der Waals surface area contributed by atoms with E-state index in [2.05, 4.69) is 41.2 Å². The van der Waals surface area contributed by atoms with Gasteiger partial charge in [0, 0.05) is 6.04 Å². The predicted molar refractivity (Wildman–Crippen MR) is 86.1 cm³/mol. The molecule has 3 nitrogen and oxygen atoms in total. The second-order valence-corrected chi connectivity index (χ2v) is 6.44.